The molecule has 1 aliphatic heterocycles. The van der Waals surface area contributed by atoms with Crippen LogP contribution in [-0.4, -0.2) is 28.9 Å². The van der Waals surface area contributed by atoms with Gasteiger partial charge in [0.2, 0.25) is 5.91 Å². The van der Waals surface area contributed by atoms with Gasteiger partial charge in [-0.15, -0.1) is 0 Å². The molecule has 1 atom stereocenters. The molecule has 2 aliphatic rings. The Morgan fingerprint density at radius 2 is 2.14 bits per heavy atom. The van der Waals surface area contributed by atoms with E-state index in [2.05, 4.69) is 12.2 Å². The lowest BCUT2D eigenvalue weighted by Crippen LogP contribution is -2.55. The molecular weight excluding hydrogens is 180 g/mol. The first kappa shape index (κ1) is 9.49. The highest BCUT2D eigenvalue weighted by Gasteiger charge is 2.41. The van der Waals surface area contributed by atoms with Crippen molar-refractivity contribution in [3.05, 3.63) is 0 Å². The second-order valence-corrected chi connectivity index (χ2v) is 4.13. The first-order chi connectivity index (χ1) is 6.72. The third kappa shape index (κ3) is 1.74. The van der Waals surface area contributed by atoms with Crippen LogP contribution in [0.4, 0.5) is 4.79 Å². The molecule has 1 N–H and O–H groups in total. The minimum absolute atomic E-state index is 0.00898. The van der Waals surface area contributed by atoms with E-state index in [1.54, 1.807) is 0 Å². The third-order valence-electron chi connectivity index (χ3n) is 2.79. The molecule has 0 aromatic heterocycles. The van der Waals surface area contributed by atoms with Gasteiger partial charge >= 0.3 is 6.03 Å². The fraction of sp³-hybridized carbons (Fsp3) is 0.800. The SMILES string of the molecule is CCCC1CC(=O)N(C2CC2)C(=O)N1. The summed E-state index contributed by atoms with van der Waals surface area (Å²) in [6, 6.07) is 0.0854. The lowest BCUT2D eigenvalue weighted by atomic mass is 10.1. The zero-order chi connectivity index (χ0) is 10.1. The maximum atomic E-state index is 11.6. The van der Waals surface area contributed by atoms with Crippen molar-refractivity contribution in [2.45, 2.75) is 51.1 Å². The van der Waals surface area contributed by atoms with Crippen molar-refractivity contribution in [3.8, 4) is 0 Å². The number of amides is 3. The largest absolute Gasteiger partial charge is 0.334 e. The van der Waals surface area contributed by atoms with Gasteiger partial charge in [-0.25, -0.2) is 4.79 Å². The van der Waals surface area contributed by atoms with Crippen molar-refractivity contribution in [2.75, 3.05) is 0 Å². The quantitative estimate of drug-likeness (QED) is 0.738. The molecule has 0 aromatic carbocycles. The zero-order valence-corrected chi connectivity index (χ0v) is 8.45. The van der Waals surface area contributed by atoms with Crippen LogP contribution in [0.3, 0.4) is 0 Å². The van der Waals surface area contributed by atoms with Gasteiger partial charge in [-0.05, 0) is 19.3 Å². The summed E-state index contributed by atoms with van der Waals surface area (Å²) in [5.41, 5.74) is 0. The van der Waals surface area contributed by atoms with Gasteiger partial charge in [0.25, 0.3) is 0 Å². The van der Waals surface area contributed by atoms with E-state index < -0.39 is 0 Å². The Kier molecular flexibility index (Phi) is 2.44. The topological polar surface area (TPSA) is 49.4 Å². The molecule has 0 spiro atoms. The molecule has 0 bridgehead atoms. The molecule has 1 saturated carbocycles. The van der Waals surface area contributed by atoms with E-state index in [4.69, 9.17) is 0 Å². The first-order valence-electron chi connectivity index (χ1n) is 5.35. The average molecular weight is 196 g/mol. The van der Waals surface area contributed by atoms with E-state index in [0.717, 1.165) is 25.7 Å². The number of carbonyl (C=O) groups excluding carboxylic acids is 2. The number of imide groups is 1. The number of rotatable bonds is 3. The van der Waals surface area contributed by atoms with Crippen LogP contribution >= 0.6 is 0 Å². The molecule has 1 aliphatic carbocycles. The van der Waals surface area contributed by atoms with E-state index in [1.165, 1.54) is 4.90 Å². The van der Waals surface area contributed by atoms with Gasteiger partial charge in [-0.3, -0.25) is 9.69 Å². The molecule has 78 valence electrons. The highest BCUT2D eigenvalue weighted by atomic mass is 16.2. The number of nitrogens with zero attached hydrogens (tertiary/aromatic N) is 1. The van der Waals surface area contributed by atoms with Crippen LogP contribution in [-0.2, 0) is 4.79 Å². The van der Waals surface area contributed by atoms with Crippen molar-refractivity contribution >= 4 is 11.9 Å². The van der Waals surface area contributed by atoms with Crippen LogP contribution in [0.15, 0.2) is 0 Å². The maximum absolute atomic E-state index is 11.6. The predicted octanol–water partition coefficient (Wildman–Crippen LogP) is 1.26. The Hall–Kier alpha value is -1.06. The Morgan fingerprint density at radius 1 is 1.43 bits per heavy atom. The fourth-order valence-corrected chi connectivity index (χ4v) is 1.94. The maximum Gasteiger partial charge on any atom is 0.324 e. The fourth-order valence-electron chi connectivity index (χ4n) is 1.94. The lowest BCUT2D eigenvalue weighted by molar-refractivity contribution is -0.130. The predicted molar refractivity (Wildman–Crippen MR) is 51.7 cm³/mol. The summed E-state index contributed by atoms with van der Waals surface area (Å²) in [4.78, 5) is 24.6. The summed E-state index contributed by atoms with van der Waals surface area (Å²) in [6.45, 7) is 2.06. The van der Waals surface area contributed by atoms with Gasteiger partial charge in [0.1, 0.15) is 0 Å². The van der Waals surface area contributed by atoms with Crippen molar-refractivity contribution in [1.29, 1.82) is 0 Å². The summed E-state index contributed by atoms with van der Waals surface area (Å²) >= 11 is 0. The molecule has 1 unspecified atom stereocenters. The normalized spacial score (nSPS) is 27.8. The van der Waals surface area contributed by atoms with Gasteiger partial charge in [0.05, 0.1) is 0 Å². The van der Waals surface area contributed by atoms with Crippen LogP contribution in [0, 0.1) is 0 Å². The smallest absolute Gasteiger partial charge is 0.324 e. The summed E-state index contributed by atoms with van der Waals surface area (Å²) in [5, 5.41) is 2.89. The standard InChI is InChI=1S/C10H16N2O2/c1-2-3-7-6-9(13)12(8-4-5-8)10(14)11-7/h7-8H,2-6H2,1H3,(H,11,14). The Labute approximate surface area is 83.6 Å². The molecule has 3 amide bonds. The minimum Gasteiger partial charge on any atom is -0.334 e. The molecule has 0 radical (unpaired) electrons. The van der Waals surface area contributed by atoms with E-state index in [0.29, 0.717) is 6.42 Å². The molecule has 4 nitrogen and oxygen atoms in total. The number of urea groups is 1. The summed E-state index contributed by atoms with van der Waals surface area (Å²) < 4.78 is 0. The Bertz CT molecular complexity index is 243. The van der Waals surface area contributed by atoms with Gasteiger partial charge in [0.15, 0.2) is 0 Å². The van der Waals surface area contributed by atoms with E-state index in [1.807, 2.05) is 0 Å². The average Bonchev–Trinajstić information content (AvgIpc) is 2.87. The van der Waals surface area contributed by atoms with Crippen molar-refractivity contribution in [2.24, 2.45) is 0 Å². The molecule has 0 aromatic rings. The van der Waals surface area contributed by atoms with E-state index in [-0.39, 0.29) is 24.0 Å². The number of carbonyl (C=O) groups is 2. The van der Waals surface area contributed by atoms with Crippen molar-refractivity contribution in [1.82, 2.24) is 10.2 Å². The second kappa shape index (κ2) is 3.59. The summed E-state index contributed by atoms with van der Waals surface area (Å²) in [5.74, 6) is 0.00898. The van der Waals surface area contributed by atoms with Crippen LogP contribution in [0.2, 0.25) is 0 Å². The minimum atomic E-state index is -0.179. The van der Waals surface area contributed by atoms with Crippen molar-refractivity contribution < 1.29 is 9.59 Å². The van der Waals surface area contributed by atoms with Crippen molar-refractivity contribution in [3.63, 3.8) is 0 Å². The molecule has 2 fully saturated rings. The summed E-state index contributed by atoms with van der Waals surface area (Å²) in [6.07, 6.45) is 4.35. The van der Waals surface area contributed by atoms with Crippen LogP contribution in [0.1, 0.15) is 39.0 Å². The Balaban J connectivity index is 1.98. The third-order valence-corrected chi connectivity index (χ3v) is 2.79. The monoisotopic (exact) mass is 196 g/mol. The second-order valence-electron chi connectivity index (χ2n) is 4.13. The van der Waals surface area contributed by atoms with Gasteiger partial charge in [-0.1, -0.05) is 13.3 Å². The highest BCUT2D eigenvalue weighted by molar-refractivity contribution is 5.98. The molecule has 1 heterocycles. The van der Waals surface area contributed by atoms with Crippen LogP contribution < -0.4 is 5.32 Å². The molecule has 1 saturated heterocycles. The van der Waals surface area contributed by atoms with Gasteiger partial charge in [-0.2, -0.15) is 0 Å². The number of nitrogens with one attached hydrogen (secondary N) is 1. The molecule has 2 rings (SSSR count). The highest BCUT2D eigenvalue weighted by Crippen LogP contribution is 2.29. The van der Waals surface area contributed by atoms with Crippen LogP contribution in [0.5, 0.6) is 0 Å². The lowest BCUT2D eigenvalue weighted by Gasteiger charge is -2.31. The van der Waals surface area contributed by atoms with Gasteiger partial charge in [0, 0.05) is 18.5 Å². The van der Waals surface area contributed by atoms with E-state index in [9.17, 15) is 9.59 Å². The first-order valence-corrected chi connectivity index (χ1v) is 5.35. The summed E-state index contributed by atoms with van der Waals surface area (Å²) in [7, 11) is 0. The number of hydrogen-bond donors (Lipinski definition) is 1. The molecular formula is C10H16N2O2. The Morgan fingerprint density at radius 3 is 2.64 bits per heavy atom. The zero-order valence-electron chi connectivity index (χ0n) is 8.45. The molecule has 4 heteroatoms. The van der Waals surface area contributed by atoms with Crippen LogP contribution in [0.25, 0.3) is 0 Å². The van der Waals surface area contributed by atoms with E-state index >= 15 is 0 Å². The number of hydrogen-bond acceptors (Lipinski definition) is 2. The molecule has 14 heavy (non-hydrogen) atoms. The van der Waals surface area contributed by atoms with Gasteiger partial charge < -0.3 is 5.32 Å².